The van der Waals surface area contributed by atoms with Crippen molar-refractivity contribution in [1.82, 2.24) is 10.2 Å². The summed E-state index contributed by atoms with van der Waals surface area (Å²) in [6, 6.07) is 24.6. The molecule has 0 aliphatic rings. The molecule has 4 aromatic rings. The van der Waals surface area contributed by atoms with Gasteiger partial charge in [0.15, 0.2) is 11.5 Å². The predicted octanol–water partition coefficient (Wildman–Crippen LogP) is 6.42. The SMILES string of the molecule is CC[C@H](C)NC(=O)[C@H](Cc1ccccc1)N(Cc1ccc(C)cc1)C(=O)CN(c1cc(Cl)ccc1OC)S(=O)(=O)c1ccc(OC)c(OC)c1. The molecule has 4 rings (SSSR count). The van der Waals surface area contributed by atoms with E-state index in [0.29, 0.717) is 12.2 Å². The van der Waals surface area contributed by atoms with Gasteiger partial charge in [-0.15, -0.1) is 0 Å². The normalized spacial score (nSPS) is 12.4. The summed E-state index contributed by atoms with van der Waals surface area (Å²) in [5.74, 6) is -0.278. The van der Waals surface area contributed by atoms with E-state index in [9.17, 15) is 18.0 Å². The maximum Gasteiger partial charge on any atom is 0.265 e. The number of methoxy groups -OCH3 is 3. The fraction of sp³-hybridized carbons (Fsp3) is 0.316. The first kappa shape index (κ1) is 38.1. The Hall–Kier alpha value is -4.74. The van der Waals surface area contributed by atoms with Crippen molar-refractivity contribution in [3.63, 3.8) is 0 Å². The molecule has 0 fully saturated rings. The van der Waals surface area contributed by atoms with Crippen LogP contribution >= 0.6 is 11.6 Å². The van der Waals surface area contributed by atoms with Crippen molar-refractivity contribution in [2.75, 3.05) is 32.2 Å². The first-order valence-electron chi connectivity index (χ1n) is 16.2. The summed E-state index contributed by atoms with van der Waals surface area (Å²) in [6.45, 7) is 5.18. The Morgan fingerprint density at radius 1 is 0.820 bits per heavy atom. The second-order valence-electron chi connectivity index (χ2n) is 11.9. The molecular formula is C38H44ClN3O7S. The zero-order chi connectivity index (χ0) is 36.4. The fourth-order valence-electron chi connectivity index (χ4n) is 5.36. The van der Waals surface area contributed by atoms with Crippen molar-refractivity contribution >= 4 is 39.1 Å². The highest BCUT2D eigenvalue weighted by atomic mass is 35.5. The number of rotatable bonds is 16. The molecule has 10 nitrogen and oxygen atoms in total. The van der Waals surface area contributed by atoms with Gasteiger partial charge in [0.1, 0.15) is 18.3 Å². The molecule has 0 radical (unpaired) electrons. The number of sulfonamides is 1. The van der Waals surface area contributed by atoms with Gasteiger partial charge in [0.25, 0.3) is 10.0 Å². The number of hydrogen-bond acceptors (Lipinski definition) is 7. The lowest BCUT2D eigenvalue weighted by atomic mass is 10.0. The van der Waals surface area contributed by atoms with Crippen LogP contribution in [0.3, 0.4) is 0 Å². The van der Waals surface area contributed by atoms with Crippen molar-refractivity contribution in [3.05, 3.63) is 113 Å². The summed E-state index contributed by atoms with van der Waals surface area (Å²) >= 11 is 6.40. The molecule has 0 unspecified atom stereocenters. The van der Waals surface area contributed by atoms with E-state index in [0.717, 1.165) is 21.0 Å². The smallest absolute Gasteiger partial charge is 0.265 e. The molecule has 0 aromatic heterocycles. The second kappa shape index (κ2) is 17.3. The number of anilines is 1. The highest BCUT2D eigenvalue weighted by Gasteiger charge is 2.36. The Kier molecular flexibility index (Phi) is 13.1. The molecule has 0 saturated carbocycles. The number of carbonyl (C=O) groups excluding carboxylic acids is 2. The van der Waals surface area contributed by atoms with Gasteiger partial charge in [0.05, 0.1) is 31.9 Å². The summed E-state index contributed by atoms with van der Waals surface area (Å²) in [5, 5.41) is 3.27. The Morgan fingerprint density at radius 2 is 1.46 bits per heavy atom. The highest BCUT2D eigenvalue weighted by molar-refractivity contribution is 7.92. The minimum atomic E-state index is -4.48. The maximum absolute atomic E-state index is 14.8. The van der Waals surface area contributed by atoms with Gasteiger partial charge in [-0.05, 0) is 61.7 Å². The number of ether oxygens (including phenoxy) is 3. The van der Waals surface area contributed by atoms with Gasteiger partial charge in [-0.3, -0.25) is 13.9 Å². The zero-order valence-electron chi connectivity index (χ0n) is 29.2. The number of nitrogens with one attached hydrogen (secondary N) is 1. The van der Waals surface area contributed by atoms with E-state index in [1.165, 1.54) is 56.6 Å². The van der Waals surface area contributed by atoms with E-state index < -0.39 is 28.5 Å². The third-order valence-corrected chi connectivity index (χ3v) is 10.4. The van der Waals surface area contributed by atoms with Gasteiger partial charge < -0.3 is 24.4 Å². The summed E-state index contributed by atoms with van der Waals surface area (Å²) in [6.07, 6.45) is 0.880. The van der Waals surface area contributed by atoms with Crippen LogP contribution in [0.15, 0.2) is 95.9 Å². The lowest BCUT2D eigenvalue weighted by molar-refractivity contribution is -0.140. The van der Waals surface area contributed by atoms with Crippen molar-refractivity contribution in [2.24, 2.45) is 0 Å². The van der Waals surface area contributed by atoms with Crippen LogP contribution < -0.4 is 23.8 Å². The Balaban J connectivity index is 1.88. The molecule has 12 heteroatoms. The quantitative estimate of drug-likeness (QED) is 0.142. The van der Waals surface area contributed by atoms with Crippen molar-refractivity contribution in [1.29, 1.82) is 0 Å². The van der Waals surface area contributed by atoms with Crippen LogP contribution in [0.4, 0.5) is 5.69 Å². The third kappa shape index (κ3) is 9.28. The summed E-state index contributed by atoms with van der Waals surface area (Å²) in [5.41, 5.74) is 2.68. The minimum absolute atomic E-state index is 0.0431. The van der Waals surface area contributed by atoms with E-state index in [1.54, 1.807) is 6.07 Å². The second-order valence-corrected chi connectivity index (χ2v) is 14.2. The van der Waals surface area contributed by atoms with Gasteiger partial charge in [0.2, 0.25) is 11.8 Å². The third-order valence-electron chi connectivity index (χ3n) is 8.38. The van der Waals surface area contributed by atoms with Crippen LogP contribution in [-0.2, 0) is 32.6 Å². The first-order valence-corrected chi connectivity index (χ1v) is 18.0. The molecule has 0 bridgehead atoms. The summed E-state index contributed by atoms with van der Waals surface area (Å²) < 4.78 is 46.4. The van der Waals surface area contributed by atoms with Gasteiger partial charge in [-0.25, -0.2) is 8.42 Å². The molecule has 0 aliphatic heterocycles. The maximum atomic E-state index is 14.8. The summed E-state index contributed by atoms with van der Waals surface area (Å²) in [4.78, 5) is 30.1. The van der Waals surface area contributed by atoms with Crippen LogP contribution in [-0.4, -0.2) is 65.1 Å². The van der Waals surface area contributed by atoms with Crippen molar-refractivity contribution in [2.45, 2.75) is 57.1 Å². The van der Waals surface area contributed by atoms with Gasteiger partial charge >= 0.3 is 0 Å². The fourth-order valence-corrected chi connectivity index (χ4v) is 6.96. The van der Waals surface area contributed by atoms with E-state index in [-0.39, 0.29) is 52.0 Å². The highest BCUT2D eigenvalue weighted by Crippen LogP contribution is 2.37. The molecule has 0 aliphatic carbocycles. The number of aryl methyl sites for hydroxylation is 1. The largest absolute Gasteiger partial charge is 0.495 e. The molecule has 266 valence electrons. The Morgan fingerprint density at radius 3 is 2.08 bits per heavy atom. The standard InChI is InChI=1S/C38H44ClN3O7S/c1-7-27(3)40-38(44)33(21-28-11-9-8-10-12-28)41(24-29-15-13-26(2)14-16-29)37(43)25-42(32-22-30(39)17-19-34(32)47-4)50(45,46)31-18-20-35(48-5)36(23-31)49-6/h8-20,22-23,27,33H,7,21,24-25H2,1-6H3,(H,40,44)/t27-,33-/m0/s1. The van der Waals surface area contributed by atoms with Crippen LogP contribution in [0.25, 0.3) is 0 Å². The Bertz CT molecular complexity index is 1870. The molecule has 0 saturated heterocycles. The molecule has 50 heavy (non-hydrogen) atoms. The van der Waals surface area contributed by atoms with Crippen LogP contribution in [0.1, 0.15) is 37.0 Å². The van der Waals surface area contributed by atoms with Crippen molar-refractivity contribution in [3.8, 4) is 17.2 Å². The number of nitrogens with zero attached hydrogens (tertiary/aromatic N) is 2. The van der Waals surface area contributed by atoms with E-state index in [4.69, 9.17) is 25.8 Å². The van der Waals surface area contributed by atoms with E-state index in [1.807, 2.05) is 75.4 Å². The molecule has 4 aromatic carbocycles. The number of benzene rings is 4. The summed E-state index contributed by atoms with van der Waals surface area (Å²) in [7, 11) is -0.245. The number of carbonyl (C=O) groups is 2. The van der Waals surface area contributed by atoms with Crippen molar-refractivity contribution < 1.29 is 32.2 Å². The molecule has 0 heterocycles. The van der Waals surface area contributed by atoms with E-state index >= 15 is 0 Å². The molecule has 2 atom stereocenters. The molecule has 2 amide bonds. The topological polar surface area (TPSA) is 114 Å². The van der Waals surface area contributed by atoms with E-state index in [2.05, 4.69) is 5.32 Å². The molecule has 1 N–H and O–H groups in total. The lowest BCUT2D eigenvalue weighted by Gasteiger charge is -2.34. The van der Waals surface area contributed by atoms with Crippen LogP contribution in [0.2, 0.25) is 5.02 Å². The molecular weight excluding hydrogens is 678 g/mol. The zero-order valence-corrected chi connectivity index (χ0v) is 30.8. The number of halogens is 1. The van der Waals surface area contributed by atoms with Gasteiger partial charge in [-0.1, -0.05) is 78.7 Å². The van der Waals surface area contributed by atoms with Gasteiger partial charge in [-0.2, -0.15) is 0 Å². The lowest BCUT2D eigenvalue weighted by Crippen LogP contribution is -2.54. The monoisotopic (exact) mass is 721 g/mol. The average molecular weight is 722 g/mol. The predicted molar refractivity (Wildman–Crippen MR) is 196 cm³/mol. The average Bonchev–Trinajstić information content (AvgIpc) is 3.12. The molecule has 0 spiro atoms. The minimum Gasteiger partial charge on any atom is -0.495 e. The van der Waals surface area contributed by atoms with Crippen LogP contribution in [0, 0.1) is 6.92 Å². The Labute approximate surface area is 300 Å². The van der Waals surface area contributed by atoms with Crippen LogP contribution in [0.5, 0.6) is 17.2 Å². The number of hydrogen-bond donors (Lipinski definition) is 1. The first-order chi connectivity index (χ1) is 23.9. The van der Waals surface area contributed by atoms with Gasteiger partial charge in [0, 0.05) is 30.1 Å². The number of amides is 2.